The normalized spacial score (nSPS) is 17.7. The molecular weight excluding hydrogens is 485 g/mol. The summed E-state index contributed by atoms with van der Waals surface area (Å²) in [6.07, 6.45) is 2.62. The van der Waals surface area contributed by atoms with Gasteiger partial charge in [-0.3, -0.25) is 9.59 Å². The monoisotopic (exact) mass is 505 g/mol. The van der Waals surface area contributed by atoms with Gasteiger partial charge < -0.3 is 10.6 Å². The van der Waals surface area contributed by atoms with Gasteiger partial charge in [-0.05, 0) is 37.6 Å². The van der Waals surface area contributed by atoms with Crippen LogP contribution in [0, 0.1) is 12.7 Å². The zero-order valence-corrected chi connectivity index (χ0v) is 20.1. The second-order valence-electron chi connectivity index (χ2n) is 8.48. The van der Waals surface area contributed by atoms with E-state index in [9.17, 15) is 22.4 Å². The van der Waals surface area contributed by atoms with Crippen LogP contribution in [0.1, 0.15) is 34.1 Å². The molecule has 0 bridgehead atoms. The molecule has 0 unspecified atom stereocenters. The van der Waals surface area contributed by atoms with Crippen molar-refractivity contribution in [1.82, 2.24) is 20.1 Å². The van der Waals surface area contributed by atoms with Crippen LogP contribution in [0.25, 0.3) is 5.82 Å². The molecule has 12 heteroatoms. The lowest BCUT2D eigenvalue weighted by Crippen LogP contribution is -2.49. The fraction of sp³-hybridized carbons (Fsp3) is 0.273. The topological polar surface area (TPSA) is 123 Å². The Bertz CT molecular complexity index is 1420. The number of anilines is 1. The Labute approximate surface area is 200 Å². The van der Waals surface area contributed by atoms with Crippen molar-refractivity contribution in [2.45, 2.75) is 25.8 Å². The fourth-order valence-electron chi connectivity index (χ4n) is 3.89. The van der Waals surface area contributed by atoms with Gasteiger partial charge in [0.1, 0.15) is 17.1 Å². The number of carbonyl (C=O) groups excluding carboxylic acids is 2. The molecule has 2 amide bonds. The number of rotatable bonds is 5. The van der Waals surface area contributed by atoms with Gasteiger partial charge in [-0.25, -0.2) is 17.8 Å². The number of sulfone groups is 1. The lowest BCUT2D eigenvalue weighted by atomic mass is 9.83. The Morgan fingerprint density at radius 1 is 1.32 bits per heavy atom. The highest BCUT2D eigenvalue weighted by Gasteiger charge is 2.41. The summed E-state index contributed by atoms with van der Waals surface area (Å²) in [5.41, 5.74) is 0.300. The summed E-state index contributed by atoms with van der Waals surface area (Å²) in [4.78, 5) is 30.0. The second kappa shape index (κ2) is 8.48. The summed E-state index contributed by atoms with van der Waals surface area (Å²) in [5.74, 6) is -2.50. The molecule has 3 aromatic rings. The summed E-state index contributed by atoms with van der Waals surface area (Å²) in [5, 5.41) is 10.0. The van der Waals surface area contributed by atoms with E-state index in [2.05, 4.69) is 20.7 Å². The minimum absolute atomic E-state index is 0.0175. The number of hydrogen-bond acceptors (Lipinski definition) is 6. The molecule has 2 aromatic heterocycles. The smallest absolute Gasteiger partial charge is 0.257 e. The maximum Gasteiger partial charge on any atom is 0.257 e. The summed E-state index contributed by atoms with van der Waals surface area (Å²) < 4.78 is 39.2. The van der Waals surface area contributed by atoms with Gasteiger partial charge >= 0.3 is 0 Å². The predicted octanol–water partition coefficient (Wildman–Crippen LogP) is 2.55. The van der Waals surface area contributed by atoms with E-state index in [1.165, 1.54) is 16.8 Å². The van der Waals surface area contributed by atoms with Crippen molar-refractivity contribution in [2.24, 2.45) is 0 Å². The van der Waals surface area contributed by atoms with E-state index in [-0.39, 0.29) is 34.1 Å². The first-order valence-corrected chi connectivity index (χ1v) is 12.6. The standard InChI is InChI=1S/C22H21ClFN5O4S/c1-12-4-7-17(25-10-12)29-20(26-18(30)11-34(3,32)33)19-16(28-29)9-22(2,27-21(19)31)14-6-5-13(23)8-15(14)24/h4-8,10H,9,11H2,1-3H3,(H,26,30)(H,27,31)/t22-/m0/s1. The number of nitrogens with zero attached hydrogens (tertiary/aromatic N) is 3. The summed E-state index contributed by atoms with van der Waals surface area (Å²) in [6, 6.07) is 7.61. The Morgan fingerprint density at radius 3 is 2.68 bits per heavy atom. The molecule has 4 rings (SSSR count). The molecule has 1 aromatic carbocycles. The maximum atomic E-state index is 14.7. The van der Waals surface area contributed by atoms with Crippen molar-refractivity contribution >= 4 is 39.1 Å². The van der Waals surface area contributed by atoms with Crippen LogP contribution < -0.4 is 10.6 Å². The lowest BCUT2D eigenvalue weighted by molar-refractivity contribution is -0.113. The average Bonchev–Trinajstić information content (AvgIpc) is 3.04. The van der Waals surface area contributed by atoms with Crippen LogP contribution in [0.3, 0.4) is 0 Å². The number of fused-ring (bicyclic) bond motifs is 1. The van der Waals surface area contributed by atoms with Gasteiger partial charge in [-0.1, -0.05) is 23.7 Å². The highest BCUT2D eigenvalue weighted by molar-refractivity contribution is 7.91. The molecule has 9 nitrogen and oxygen atoms in total. The largest absolute Gasteiger partial charge is 0.342 e. The van der Waals surface area contributed by atoms with E-state index >= 15 is 0 Å². The van der Waals surface area contributed by atoms with Gasteiger partial charge in [0.15, 0.2) is 21.5 Å². The molecular formula is C22H21ClFN5O4S. The zero-order chi connectivity index (χ0) is 24.8. The number of aryl methyl sites for hydroxylation is 1. The number of amides is 2. The zero-order valence-electron chi connectivity index (χ0n) is 18.5. The van der Waals surface area contributed by atoms with E-state index < -0.39 is 38.8 Å². The maximum absolute atomic E-state index is 14.7. The van der Waals surface area contributed by atoms with E-state index in [1.807, 2.05) is 6.92 Å². The second-order valence-corrected chi connectivity index (χ2v) is 11.1. The molecule has 0 saturated heterocycles. The first kappa shape index (κ1) is 23.8. The van der Waals surface area contributed by atoms with Crippen molar-refractivity contribution in [2.75, 3.05) is 17.3 Å². The molecule has 1 aliphatic rings. The van der Waals surface area contributed by atoms with Crippen molar-refractivity contribution in [1.29, 1.82) is 0 Å². The van der Waals surface area contributed by atoms with Crippen LogP contribution in [0.15, 0.2) is 36.5 Å². The van der Waals surface area contributed by atoms with Gasteiger partial charge in [0.05, 0.1) is 11.2 Å². The molecule has 34 heavy (non-hydrogen) atoms. The van der Waals surface area contributed by atoms with Crippen molar-refractivity contribution in [3.63, 3.8) is 0 Å². The number of benzene rings is 1. The molecule has 2 N–H and O–H groups in total. The molecule has 0 fully saturated rings. The van der Waals surface area contributed by atoms with Crippen LogP contribution >= 0.6 is 11.6 Å². The third kappa shape index (κ3) is 4.66. The highest BCUT2D eigenvalue weighted by Crippen LogP contribution is 2.36. The molecule has 0 spiro atoms. The first-order valence-electron chi connectivity index (χ1n) is 10.2. The Balaban J connectivity index is 1.83. The molecule has 0 aliphatic carbocycles. The van der Waals surface area contributed by atoms with Crippen molar-refractivity contribution < 1.29 is 22.4 Å². The van der Waals surface area contributed by atoms with Crippen molar-refractivity contribution in [3.8, 4) is 5.82 Å². The lowest BCUT2D eigenvalue weighted by Gasteiger charge is -2.34. The SMILES string of the molecule is Cc1ccc(-n2nc3c(c2NC(=O)CS(C)(=O)=O)C(=O)N[C@](C)(c2ccc(Cl)cc2F)C3)nc1. The van der Waals surface area contributed by atoms with Crippen molar-refractivity contribution in [3.05, 3.63) is 69.8 Å². The number of hydrogen-bond donors (Lipinski definition) is 2. The van der Waals surface area contributed by atoms with Crippen LogP contribution in [0.4, 0.5) is 10.2 Å². The minimum Gasteiger partial charge on any atom is -0.342 e. The van der Waals surface area contributed by atoms with Gasteiger partial charge in [0, 0.05) is 29.5 Å². The van der Waals surface area contributed by atoms with E-state index in [1.54, 1.807) is 25.3 Å². The summed E-state index contributed by atoms with van der Waals surface area (Å²) in [7, 11) is -3.62. The van der Waals surface area contributed by atoms with E-state index in [0.717, 1.165) is 17.9 Å². The molecule has 0 radical (unpaired) electrons. The van der Waals surface area contributed by atoms with E-state index in [4.69, 9.17) is 11.6 Å². The Hall–Kier alpha value is -3.31. The number of carbonyl (C=O) groups is 2. The third-order valence-electron chi connectivity index (χ3n) is 5.38. The Morgan fingerprint density at radius 2 is 2.06 bits per heavy atom. The van der Waals surface area contributed by atoms with Crippen LogP contribution in [0.2, 0.25) is 5.02 Å². The molecule has 1 aliphatic heterocycles. The van der Waals surface area contributed by atoms with Crippen LogP contribution in [0.5, 0.6) is 0 Å². The third-order valence-corrected chi connectivity index (χ3v) is 6.41. The quantitative estimate of drug-likeness (QED) is 0.549. The predicted molar refractivity (Wildman–Crippen MR) is 124 cm³/mol. The minimum atomic E-state index is -3.62. The van der Waals surface area contributed by atoms with Gasteiger partial charge in [0.2, 0.25) is 5.91 Å². The fourth-order valence-corrected chi connectivity index (χ4v) is 4.60. The van der Waals surface area contributed by atoms with Crippen LogP contribution in [-0.4, -0.2) is 47.0 Å². The molecule has 1 atom stereocenters. The molecule has 0 saturated carbocycles. The number of aromatic nitrogens is 3. The first-order chi connectivity index (χ1) is 15.9. The summed E-state index contributed by atoms with van der Waals surface area (Å²) >= 11 is 5.88. The highest BCUT2D eigenvalue weighted by atomic mass is 35.5. The number of nitrogens with one attached hydrogen (secondary N) is 2. The van der Waals surface area contributed by atoms with Gasteiger partial charge in [-0.15, -0.1) is 0 Å². The molecule has 178 valence electrons. The van der Waals surface area contributed by atoms with Crippen LogP contribution in [-0.2, 0) is 26.6 Å². The average molecular weight is 506 g/mol. The number of halogens is 2. The summed E-state index contributed by atoms with van der Waals surface area (Å²) in [6.45, 7) is 3.50. The van der Waals surface area contributed by atoms with E-state index in [0.29, 0.717) is 5.82 Å². The Kier molecular flexibility index (Phi) is 5.94. The van der Waals surface area contributed by atoms with Gasteiger partial charge in [-0.2, -0.15) is 9.78 Å². The molecule has 3 heterocycles. The van der Waals surface area contributed by atoms with Gasteiger partial charge in [0.25, 0.3) is 5.91 Å². The number of pyridine rings is 1.